The van der Waals surface area contributed by atoms with E-state index in [0.29, 0.717) is 34.9 Å². The van der Waals surface area contributed by atoms with Crippen LogP contribution in [0.3, 0.4) is 0 Å². The number of hydrogen-bond donors (Lipinski definition) is 2. The molecule has 4 rings (SSSR count). The number of benzene rings is 1. The fraction of sp³-hybridized carbons (Fsp3) is 0.261. The van der Waals surface area contributed by atoms with Crippen molar-refractivity contribution in [3.05, 3.63) is 86.6 Å². The summed E-state index contributed by atoms with van der Waals surface area (Å²) in [4.78, 5) is 41.1. The Labute approximate surface area is 188 Å². The molecule has 1 amide bonds. The second-order valence-electron chi connectivity index (χ2n) is 7.58. The van der Waals surface area contributed by atoms with Crippen LogP contribution in [0.25, 0.3) is 0 Å². The van der Waals surface area contributed by atoms with Crippen molar-refractivity contribution in [3.8, 4) is 5.75 Å². The first kappa shape index (κ1) is 22.1. The number of carbonyl (C=O) groups is 1. The van der Waals surface area contributed by atoms with Gasteiger partial charge >= 0.3 is 0 Å². The molecule has 0 fully saturated rings. The summed E-state index contributed by atoms with van der Waals surface area (Å²) < 4.78 is 18.5. The van der Waals surface area contributed by atoms with E-state index in [1.807, 2.05) is 0 Å². The molecule has 0 radical (unpaired) electrons. The van der Waals surface area contributed by atoms with Gasteiger partial charge in [0, 0.05) is 30.3 Å². The van der Waals surface area contributed by atoms with Crippen molar-refractivity contribution in [1.82, 2.24) is 20.3 Å². The Bertz CT molecular complexity index is 1300. The molecule has 9 nitrogen and oxygen atoms in total. The third-order valence-electron chi connectivity index (χ3n) is 5.21. The molecule has 0 aliphatic carbocycles. The average molecular weight is 451 g/mol. The molecule has 3 heterocycles. The molecule has 1 aromatic carbocycles. The molecule has 3 aromatic rings. The summed E-state index contributed by atoms with van der Waals surface area (Å²) in [6.45, 7) is 3.66. The number of H-pyrrole nitrogens is 1. The van der Waals surface area contributed by atoms with Gasteiger partial charge in [0.05, 0.1) is 12.8 Å². The normalized spacial score (nSPS) is 15.0. The minimum absolute atomic E-state index is 0.105. The molecule has 2 aromatic heterocycles. The molecule has 170 valence electrons. The van der Waals surface area contributed by atoms with Gasteiger partial charge in [-0.05, 0) is 43.7 Å². The van der Waals surface area contributed by atoms with E-state index < -0.39 is 11.7 Å². The maximum atomic E-state index is 13.6. The van der Waals surface area contributed by atoms with Gasteiger partial charge in [0.25, 0.3) is 5.91 Å². The molecule has 1 aliphatic heterocycles. The highest BCUT2D eigenvalue weighted by Crippen LogP contribution is 2.30. The van der Waals surface area contributed by atoms with Gasteiger partial charge in [0.15, 0.2) is 17.7 Å². The number of rotatable bonds is 6. The molecule has 0 saturated carbocycles. The van der Waals surface area contributed by atoms with Gasteiger partial charge in [-0.15, -0.1) is 0 Å². The van der Waals surface area contributed by atoms with E-state index in [2.05, 4.69) is 25.4 Å². The lowest BCUT2D eigenvalue weighted by atomic mass is 10.0. The van der Waals surface area contributed by atoms with Crippen LogP contribution in [-0.4, -0.2) is 33.7 Å². The fourth-order valence-corrected chi connectivity index (χ4v) is 3.55. The monoisotopic (exact) mass is 451 g/mol. The van der Waals surface area contributed by atoms with Gasteiger partial charge in [-0.25, -0.2) is 14.4 Å². The molecule has 1 atom stereocenters. The van der Waals surface area contributed by atoms with Gasteiger partial charge in [0.1, 0.15) is 17.2 Å². The van der Waals surface area contributed by atoms with Crippen LogP contribution < -0.4 is 15.6 Å². The highest BCUT2D eigenvalue weighted by molar-refractivity contribution is 6.02. The number of amides is 1. The molecule has 0 saturated heterocycles. The second-order valence-corrected chi connectivity index (χ2v) is 7.58. The summed E-state index contributed by atoms with van der Waals surface area (Å²) in [5.74, 6) is -0.364. The van der Waals surface area contributed by atoms with E-state index in [1.165, 1.54) is 25.3 Å². The van der Waals surface area contributed by atoms with Crippen molar-refractivity contribution in [2.45, 2.75) is 32.9 Å². The van der Waals surface area contributed by atoms with Crippen molar-refractivity contribution in [2.75, 3.05) is 7.11 Å². The van der Waals surface area contributed by atoms with Crippen LogP contribution in [0, 0.1) is 19.7 Å². The van der Waals surface area contributed by atoms with Crippen LogP contribution in [0.2, 0.25) is 0 Å². The summed E-state index contributed by atoms with van der Waals surface area (Å²) in [7, 11) is 1.38. The third-order valence-corrected chi connectivity index (χ3v) is 5.21. The molecule has 0 unspecified atom stereocenters. The standard InChI is InChI=1S/C23H22FN5O4/c1-12-15(5-7-22(30)26-12)20-10-18(29-33-20)17-9-19(28-13(2)27-17)23(31)25-11-14-4-6-16(24)21(8-14)32-3/h4-9,20H,10-11H2,1-3H3,(H,25,31)(H,26,30)/t20-/m0/s1. The quantitative estimate of drug-likeness (QED) is 0.595. The Morgan fingerprint density at radius 2 is 2.06 bits per heavy atom. The predicted molar refractivity (Wildman–Crippen MR) is 118 cm³/mol. The highest BCUT2D eigenvalue weighted by Gasteiger charge is 2.27. The zero-order chi connectivity index (χ0) is 23.5. The minimum Gasteiger partial charge on any atom is -0.494 e. The molecule has 0 bridgehead atoms. The number of halogens is 1. The zero-order valence-electron chi connectivity index (χ0n) is 18.3. The van der Waals surface area contributed by atoms with Gasteiger partial charge in [-0.3, -0.25) is 9.59 Å². The molecule has 10 heteroatoms. The Morgan fingerprint density at radius 3 is 2.82 bits per heavy atom. The number of pyridine rings is 1. The molecular weight excluding hydrogens is 429 g/mol. The van der Waals surface area contributed by atoms with Crippen LogP contribution in [0.4, 0.5) is 4.39 Å². The van der Waals surface area contributed by atoms with Crippen LogP contribution in [0.15, 0.2) is 46.3 Å². The second kappa shape index (κ2) is 9.19. The number of carbonyl (C=O) groups excluding carboxylic acids is 1. The van der Waals surface area contributed by atoms with Crippen LogP contribution >= 0.6 is 0 Å². The minimum atomic E-state index is -0.474. The molecule has 33 heavy (non-hydrogen) atoms. The largest absolute Gasteiger partial charge is 0.494 e. The lowest BCUT2D eigenvalue weighted by molar-refractivity contribution is 0.0849. The number of aryl methyl sites for hydroxylation is 2. The summed E-state index contributed by atoms with van der Waals surface area (Å²) in [6.07, 6.45) is 0.0672. The SMILES string of the molecule is COc1cc(CNC(=O)c2cc(C3=NO[C@H](c4ccc(=O)[nH]c4C)C3)nc(C)n2)ccc1F. The molecule has 2 N–H and O–H groups in total. The molecule has 0 spiro atoms. The Balaban J connectivity index is 1.47. The van der Waals surface area contributed by atoms with Crippen LogP contribution in [0.1, 0.15) is 51.4 Å². The maximum absolute atomic E-state index is 13.6. The molecule has 1 aliphatic rings. The Morgan fingerprint density at radius 1 is 1.24 bits per heavy atom. The number of nitrogens with one attached hydrogen (secondary N) is 2. The summed E-state index contributed by atoms with van der Waals surface area (Å²) in [5.41, 5.74) is 3.27. The molecular formula is C23H22FN5O4. The van der Waals surface area contributed by atoms with E-state index in [0.717, 1.165) is 5.56 Å². The first-order chi connectivity index (χ1) is 15.8. The van der Waals surface area contributed by atoms with Crippen molar-refractivity contribution >= 4 is 11.6 Å². The lowest BCUT2D eigenvalue weighted by Gasteiger charge is -2.11. The Kier molecular flexibility index (Phi) is 6.16. The first-order valence-corrected chi connectivity index (χ1v) is 10.2. The zero-order valence-corrected chi connectivity index (χ0v) is 18.3. The van der Waals surface area contributed by atoms with Gasteiger partial charge in [-0.1, -0.05) is 11.2 Å². The van der Waals surface area contributed by atoms with Crippen molar-refractivity contribution in [2.24, 2.45) is 5.16 Å². The first-order valence-electron chi connectivity index (χ1n) is 10.2. The number of hydrogen-bond acceptors (Lipinski definition) is 7. The lowest BCUT2D eigenvalue weighted by Crippen LogP contribution is -2.25. The third kappa shape index (κ3) is 4.89. The van der Waals surface area contributed by atoms with Gasteiger partial charge in [-0.2, -0.15) is 0 Å². The van der Waals surface area contributed by atoms with Crippen molar-refractivity contribution < 1.29 is 18.8 Å². The van der Waals surface area contributed by atoms with E-state index in [-0.39, 0.29) is 29.7 Å². The number of oxime groups is 1. The number of nitrogens with zero attached hydrogens (tertiary/aromatic N) is 3. The highest BCUT2D eigenvalue weighted by atomic mass is 19.1. The van der Waals surface area contributed by atoms with E-state index in [9.17, 15) is 14.0 Å². The van der Waals surface area contributed by atoms with Crippen LogP contribution in [-0.2, 0) is 11.4 Å². The topological polar surface area (TPSA) is 119 Å². The van der Waals surface area contributed by atoms with Crippen molar-refractivity contribution in [1.29, 1.82) is 0 Å². The van der Waals surface area contributed by atoms with Gasteiger partial charge < -0.3 is 19.9 Å². The van der Waals surface area contributed by atoms with E-state index >= 15 is 0 Å². The van der Waals surface area contributed by atoms with Gasteiger partial charge in [0.2, 0.25) is 5.56 Å². The van der Waals surface area contributed by atoms with E-state index in [1.54, 1.807) is 32.0 Å². The number of aromatic nitrogens is 3. The van der Waals surface area contributed by atoms with E-state index in [4.69, 9.17) is 9.57 Å². The fourth-order valence-electron chi connectivity index (χ4n) is 3.55. The summed E-state index contributed by atoms with van der Waals surface area (Å²) in [5, 5.41) is 6.91. The number of aromatic amines is 1. The smallest absolute Gasteiger partial charge is 0.270 e. The Hall–Kier alpha value is -4.08. The summed E-state index contributed by atoms with van der Waals surface area (Å²) in [6, 6.07) is 9.08. The predicted octanol–water partition coefficient (Wildman–Crippen LogP) is 2.73. The maximum Gasteiger partial charge on any atom is 0.270 e. The summed E-state index contributed by atoms with van der Waals surface area (Å²) >= 11 is 0. The number of methoxy groups -OCH3 is 1. The van der Waals surface area contributed by atoms with Crippen molar-refractivity contribution in [3.63, 3.8) is 0 Å². The average Bonchev–Trinajstić information content (AvgIpc) is 3.28. The number of ether oxygens (including phenoxy) is 1. The van der Waals surface area contributed by atoms with Crippen LogP contribution in [0.5, 0.6) is 5.75 Å².